The van der Waals surface area contributed by atoms with Crippen LogP contribution in [0.5, 0.6) is 0 Å². The fraction of sp³-hybridized carbons (Fsp3) is 0.200. The van der Waals surface area contributed by atoms with Crippen molar-refractivity contribution in [1.29, 1.82) is 0 Å². The number of rotatable bonds is 2. The van der Waals surface area contributed by atoms with Crippen molar-refractivity contribution < 1.29 is 14.3 Å². The number of anilines is 1. The molecule has 86 valence electrons. The minimum Gasteiger partial charge on any atom is -0.465 e. The summed E-state index contributed by atoms with van der Waals surface area (Å²) < 4.78 is 4.56. The third kappa shape index (κ3) is 2.87. The third-order valence-electron chi connectivity index (χ3n) is 1.78. The second kappa shape index (κ2) is 5.18. The lowest BCUT2D eigenvalue weighted by Crippen LogP contribution is -2.12. The van der Waals surface area contributed by atoms with Crippen molar-refractivity contribution in [3.63, 3.8) is 0 Å². The first kappa shape index (κ1) is 12.8. The van der Waals surface area contributed by atoms with Crippen molar-refractivity contribution in [3.05, 3.63) is 27.7 Å². The number of halogens is 2. The van der Waals surface area contributed by atoms with E-state index in [0.717, 1.165) is 0 Å². The first-order valence-corrected chi connectivity index (χ1v) is 5.06. The Hall–Kier alpha value is -1.26. The zero-order valence-corrected chi connectivity index (χ0v) is 10.1. The molecule has 0 aromatic heterocycles. The molecule has 1 rings (SSSR count). The fourth-order valence-electron chi connectivity index (χ4n) is 1.12. The quantitative estimate of drug-likeness (QED) is 0.833. The van der Waals surface area contributed by atoms with E-state index >= 15 is 0 Å². The summed E-state index contributed by atoms with van der Waals surface area (Å²) in [5, 5.41) is 2.94. The predicted octanol–water partition coefficient (Wildman–Crippen LogP) is 2.74. The molecule has 0 heterocycles. The molecule has 0 atom stereocenters. The van der Waals surface area contributed by atoms with Gasteiger partial charge in [0.05, 0.1) is 28.4 Å². The van der Waals surface area contributed by atoms with E-state index in [0.29, 0.717) is 0 Å². The van der Waals surface area contributed by atoms with E-state index < -0.39 is 5.97 Å². The van der Waals surface area contributed by atoms with Crippen molar-refractivity contribution in [3.8, 4) is 0 Å². The molecule has 1 amide bonds. The minimum atomic E-state index is -0.595. The van der Waals surface area contributed by atoms with Crippen LogP contribution in [0.15, 0.2) is 12.1 Å². The van der Waals surface area contributed by atoms with Gasteiger partial charge in [0, 0.05) is 6.92 Å². The molecule has 1 aromatic carbocycles. The van der Waals surface area contributed by atoms with Crippen LogP contribution in [0.1, 0.15) is 17.3 Å². The first-order valence-electron chi connectivity index (χ1n) is 4.30. The number of hydrogen-bond acceptors (Lipinski definition) is 3. The van der Waals surface area contributed by atoms with E-state index in [1.54, 1.807) is 0 Å². The molecule has 0 aliphatic rings. The van der Waals surface area contributed by atoms with Crippen LogP contribution in [0.3, 0.4) is 0 Å². The average molecular weight is 262 g/mol. The smallest absolute Gasteiger partial charge is 0.340 e. The summed E-state index contributed by atoms with van der Waals surface area (Å²) in [7, 11) is 1.24. The molecule has 0 unspecified atom stereocenters. The molecule has 1 aromatic rings. The fourth-order valence-corrected chi connectivity index (χ4v) is 1.45. The number of methoxy groups -OCH3 is 1. The van der Waals surface area contributed by atoms with Gasteiger partial charge in [-0.05, 0) is 12.1 Å². The summed E-state index contributed by atoms with van der Waals surface area (Å²) in [4.78, 5) is 22.3. The number of hydrogen-bond donors (Lipinski definition) is 1. The van der Waals surface area contributed by atoms with Crippen molar-refractivity contribution in [2.75, 3.05) is 12.4 Å². The topological polar surface area (TPSA) is 55.4 Å². The van der Waals surface area contributed by atoms with Gasteiger partial charge in [0.25, 0.3) is 0 Å². The van der Waals surface area contributed by atoms with Gasteiger partial charge in [-0.3, -0.25) is 4.79 Å². The second-order valence-corrected chi connectivity index (χ2v) is 3.80. The lowest BCUT2D eigenvalue weighted by atomic mass is 10.1. The molecule has 6 heteroatoms. The van der Waals surface area contributed by atoms with Crippen molar-refractivity contribution >= 4 is 40.8 Å². The van der Waals surface area contributed by atoms with Crippen LogP contribution in [0, 0.1) is 0 Å². The van der Waals surface area contributed by atoms with Crippen LogP contribution in [-0.2, 0) is 9.53 Å². The maximum absolute atomic E-state index is 11.4. The van der Waals surface area contributed by atoms with Crippen LogP contribution in [0.2, 0.25) is 10.0 Å². The summed E-state index contributed by atoms with van der Waals surface area (Å²) in [6.07, 6.45) is 0. The van der Waals surface area contributed by atoms with Gasteiger partial charge in [-0.1, -0.05) is 23.2 Å². The summed E-state index contributed by atoms with van der Waals surface area (Å²) in [6, 6.07) is 2.75. The number of carbonyl (C=O) groups is 2. The standard InChI is InChI=1S/C10H9Cl2NO3/c1-5(14)13-9-4-8(12)7(11)3-6(9)10(15)16-2/h3-4H,1-2H3,(H,13,14). The van der Waals surface area contributed by atoms with Gasteiger partial charge in [-0.25, -0.2) is 4.79 Å². The van der Waals surface area contributed by atoms with Crippen molar-refractivity contribution in [1.82, 2.24) is 0 Å². The Morgan fingerprint density at radius 1 is 1.25 bits per heavy atom. The molecule has 0 fully saturated rings. The first-order chi connectivity index (χ1) is 7.45. The second-order valence-electron chi connectivity index (χ2n) is 2.98. The lowest BCUT2D eigenvalue weighted by molar-refractivity contribution is -0.114. The van der Waals surface area contributed by atoms with Gasteiger partial charge in [-0.15, -0.1) is 0 Å². The van der Waals surface area contributed by atoms with E-state index in [9.17, 15) is 9.59 Å². The monoisotopic (exact) mass is 261 g/mol. The summed E-state index contributed by atoms with van der Waals surface area (Å²) in [6.45, 7) is 1.32. The largest absolute Gasteiger partial charge is 0.465 e. The molecule has 0 aliphatic heterocycles. The van der Waals surface area contributed by atoms with Gasteiger partial charge in [0.1, 0.15) is 0 Å². The van der Waals surface area contributed by atoms with E-state index in [1.165, 1.54) is 26.2 Å². The summed E-state index contributed by atoms with van der Waals surface area (Å²) in [5.41, 5.74) is 0.431. The van der Waals surface area contributed by atoms with E-state index in [-0.39, 0.29) is 27.2 Å². The van der Waals surface area contributed by atoms with Gasteiger partial charge in [0.2, 0.25) is 5.91 Å². The lowest BCUT2D eigenvalue weighted by Gasteiger charge is -2.09. The van der Waals surface area contributed by atoms with Crippen molar-refractivity contribution in [2.45, 2.75) is 6.92 Å². The zero-order valence-electron chi connectivity index (χ0n) is 8.64. The molecule has 0 spiro atoms. The number of benzene rings is 1. The zero-order chi connectivity index (χ0) is 12.3. The highest BCUT2D eigenvalue weighted by molar-refractivity contribution is 6.42. The number of ether oxygens (including phenoxy) is 1. The highest BCUT2D eigenvalue weighted by Gasteiger charge is 2.15. The maximum atomic E-state index is 11.4. The Balaban J connectivity index is 3.27. The molecular formula is C10H9Cl2NO3. The van der Waals surface area contributed by atoms with Crippen LogP contribution < -0.4 is 5.32 Å². The summed E-state index contributed by atoms with van der Waals surface area (Å²) >= 11 is 11.6. The average Bonchev–Trinajstić information content (AvgIpc) is 2.21. The molecule has 16 heavy (non-hydrogen) atoms. The van der Waals surface area contributed by atoms with Gasteiger partial charge in [-0.2, -0.15) is 0 Å². The predicted molar refractivity (Wildman–Crippen MR) is 62.1 cm³/mol. The molecular weight excluding hydrogens is 253 g/mol. The number of carbonyl (C=O) groups excluding carboxylic acids is 2. The molecule has 0 saturated heterocycles. The van der Waals surface area contributed by atoms with E-state index in [4.69, 9.17) is 23.2 Å². The Bertz CT molecular complexity index is 446. The highest BCUT2D eigenvalue weighted by atomic mass is 35.5. The molecule has 0 radical (unpaired) electrons. The molecule has 1 N–H and O–H groups in total. The van der Waals surface area contributed by atoms with E-state index in [2.05, 4.69) is 10.1 Å². The van der Waals surface area contributed by atoms with Gasteiger partial charge >= 0.3 is 5.97 Å². The van der Waals surface area contributed by atoms with Crippen LogP contribution in [0.4, 0.5) is 5.69 Å². The Morgan fingerprint density at radius 2 is 1.81 bits per heavy atom. The Morgan fingerprint density at radius 3 is 2.31 bits per heavy atom. The van der Waals surface area contributed by atoms with Crippen LogP contribution in [0.25, 0.3) is 0 Å². The van der Waals surface area contributed by atoms with Gasteiger partial charge in [0.15, 0.2) is 0 Å². The molecule has 0 aliphatic carbocycles. The van der Waals surface area contributed by atoms with Crippen LogP contribution in [-0.4, -0.2) is 19.0 Å². The number of esters is 1. The third-order valence-corrected chi connectivity index (χ3v) is 2.50. The Kier molecular flexibility index (Phi) is 4.15. The summed E-state index contributed by atoms with van der Waals surface area (Å²) in [5.74, 6) is -0.911. The minimum absolute atomic E-state index is 0.159. The van der Waals surface area contributed by atoms with Crippen LogP contribution >= 0.6 is 23.2 Å². The van der Waals surface area contributed by atoms with Gasteiger partial charge < -0.3 is 10.1 Å². The molecule has 0 saturated carbocycles. The number of nitrogens with one attached hydrogen (secondary N) is 1. The molecule has 0 bridgehead atoms. The SMILES string of the molecule is COC(=O)c1cc(Cl)c(Cl)cc1NC(C)=O. The van der Waals surface area contributed by atoms with Crippen molar-refractivity contribution in [2.24, 2.45) is 0 Å². The Labute approximate surface area is 102 Å². The highest BCUT2D eigenvalue weighted by Crippen LogP contribution is 2.29. The molecule has 4 nitrogen and oxygen atoms in total. The maximum Gasteiger partial charge on any atom is 0.340 e. The number of amides is 1. The van der Waals surface area contributed by atoms with E-state index in [1.807, 2.05) is 0 Å². The normalized spacial score (nSPS) is 9.75.